The first kappa shape index (κ1) is 23.8. The summed E-state index contributed by atoms with van der Waals surface area (Å²) in [5.74, 6) is 0.434. The van der Waals surface area contributed by atoms with Crippen LogP contribution in [0.25, 0.3) is 22.2 Å². The molecule has 0 unspecified atom stereocenters. The maximum absolute atomic E-state index is 13.7. The molecule has 4 heterocycles. The number of benzene rings is 1. The molecule has 0 atom stereocenters. The summed E-state index contributed by atoms with van der Waals surface area (Å²) >= 11 is 0. The zero-order valence-electron chi connectivity index (χ0n) is 20.2. The van der Waals surface area contributed by atoms with Gasteiger partial charge in [0.1, 0.15) is 0 Å². The third-order valence-electron chi connectivity index (χ3n) is 7.16. The minimum Gasteiger partial charge on any atom is -0.336 e. The predicted molar refractivity (Wildman–Crippen MR) is 136 cm³/mol. The molecule has 9 heteroatoms. The molecule has 0 radical (unpaired) electrons. The second kappa shape index (κ2) is 9.64. The van der Waals surface area contributed by atoms with Crippen molar-refractivity contribution in [3.05, 3.63) is 54.4 Å². The summed E-state index contributed by atoms with van der Waals surface area (Å²) in [6, 6.07) is 10.5. The summed E-state index contributed by atoms with van der Waals surface area (Å²) in [5, 5.41) is 0.568. The number of sulfonamides is 1. The van der Waals surface area contributed by atoms with Crippen molar-refractivity contribution in [2.45, 2.75) is 24.7 Å². The van der Waals surface area contributed by atoms with Crippen molar-refractivity contribution in [3.8, 4) is 11.3 Å². The van der Waals surface area contributed by atoms with Gasteiger partial charge >= 0.3 is 0 Å². The lowest BCUT2D eigenvalue weighted by atomic mass is 10.0. The lowest BCUT2D eigenvalue weighted by Gasteiger charge is -2.32. The molecule has 2 aliphatic heterocycles. The molecule has 0 bridgehead atoms. The minimum absolute atomic E-state index is 0.0952. The van der Waals surface area contributed by atoms with Crippen molar-refractivity contribution in [1.82, 2.24) is 24.1 Å². The van der Waals surface area contributed by atoms with Gasteiger partial charge in [-0.3, -0.25) is 9.78 Å². The molecule has 5 rings (SSSR count). The first-order chi connectivity index (χ1) is 16.8. The van der Waals surface area contributed by atoms with E-state index in [2.05, 4.69) is 16.8 Å². The molecule has 2 fully saturated rings. The Kier molecular flexibility index (Phi) is 6.57. The van der Waals surface area contributed by atoms with Crippen LogP contribution in [0.4, 0.5) is 0 Å². The summed E-state index contributed by atoms with van der Waals surface area (Å²) in [5.41, 5.74) is 2.60. The fourth-order valence-corrected chi connectivity index (χ4v) is 6.26. The molecule has 1 amide bonds. The van der Waals surface area contributed by atoms with Crippen LogP contribution in [0.1, 0.15) is 30.1 Å². The molecule has 0 N–H and O–H groups in total. The Labute approximate surface area is 206 Å². The Balaban J connectivity index is 1.60. The van der Waals surface area contributed by atoms with Gasteiger partial charge in [0, 0.05) is 62.6 Å². The Hall–Kier alpha value is -2.88. The van der Waals surface area contributed by atoms with Crippen LogP contribution >= 0.6 is 0 Å². The van der Waals surface area contributed by atoms with E-state index in [1.807, 2.05) is 24.1 Å². The van der Waals surface area contributed by atoms with E-state index in [0.29, 0.717) is 54.3 Å². The van der Waals surface area contributed by atoms with Crippen LogP contribution in [-0.2, 0) is 10.0 Å². The zero-order chi connectivity index (χ0) is 24.6. The fourth-order valence-electron chi connectivity index (χ4n) is 4.77. The molecule has 0 saturated carbocycles. The van der Waals surface area contributed by atoms with Crippen LogP contribution in [0, 0.1) is 5.92 Å². The van der Waals surface area contributed by atoms with E-state index in [4.69, 9.17) is 4.98 Å². The Bertz CT molecular complexity index is 1330. The van der Waals surface area contributed by atoms with Gasteiger partial charge in [0.15, 0.2) is 0 Å². The highest BCUT2D eigenvalue weighted by atomic mass is 32.2. The SMILES string of the molecule is CC1CCN(S(=O)(=O)c2ccc3nc(-c4ccncc4)cc(C(=O)N4CCN(C)CC4)c3c2)CC1. The fraction of sp³-hybridized carbons (Fsp3) is 0.423. The van der Waals surface area contributed by atoms with Gasteiger partial charge in [-0.1, -0.05) is 6.92 Å². The summed E-state index contributed by atoms with van der Waals surface area (Å²) < 4.78 is 28.4. The van der Waals surface area contributed by atoms with E-state index in [0.717, 1.165) is 31.5 Å². The molecular weight excluding hydrogens is 462 g/mol. The van der Waals surface area contributed by atoms with Gasteiger partial charge in [-0.2, -0.15) is 4.31 Å². The molecule has 35 heavy (non-hydrogen) atoms. The van der Waals surface area contributed by atoms with Crippen LogP contribution in [0.3, 0.4) is 0 Å². The van der Waals surface area contributed by atoms with Crippen molar-refractivity contribution in [3.63, 3.8) is 0 Å². The molecule has 1 aromatic carbocycles. The number of aromatic nitrogens is 2. The number of amides is 1. The zero-order valence-corrected chi connectivity index (χ0v) is 21.0. The summed E-state index contributed by atoms with van der Waals surface area (Å²) in [6.07, 6.45) is 5.10. The third-order valence-corrected chi connectivity index (χ3v) is 9.05. The average Bonchev–Trinajstić information content (AvgIpc) is 2.88. The number of nitrogens with zero attached hydrogens (tertiary/aromatic N) is 5. The van der Waals surface area contributed by atoms with Gasteiger partial charge in [-0.15, -0.1) is 0 Å². The first-order valence-corrected chi connectivity index (χ1v) is 13.6. The minimum atomic E-state index is -3.65. The van der Waals surface area contributed by atoms with Crippen molar-refractivity contribution in [2.75, 3.05) is 46.3 Å². The van der Waals surface area contributed by atoms with Gasteiger partial charge in [-0.25, -0.2) is 13.4 Å². The maximum Gasteiger partial charge on any atom is 0.254 e. The van der Waals surface area contributed by atoms with Gasteiger partial charge in [0.25, 0.3) is 5.91 Å². The van der Waals surface area contributed by atoms with Crippen LogP contribution in [0.5, 0.6) is 0 Å². The number of hydrogen-bond donors (Lipinski definition) is 0. The van der Waals surface area contributed by atoms with Gasteiger partial charge in [-0.05, 0) is 62.2 Å². The van der Waals surface area contributed by atoms with Gasteiger partial charge in [0.05, 0.1) is 21.7 Å². The molecule has 8 nitrogen and oxygen atoms in total. The number of carbonyl (C=O) groups excluding carboxylic acids is 1. The van der Waals surface area contributed by atoms with Crippen molar-refractivity contribution >= 4 is 26.8 Å². The topological polar surface area (TPSA) is 86.7 Å². The standard InChI is InChI=1S/C26H31N5O3S/c1-19-7-11-31(12-8-19)35(33,34)21-3-4-24-22(17-21)23(26(32)30-15-13-29(2)14-16-30)18-25(28-24)20-5-9-27-10-6-20/h3-6,9-10,17-19H,7-8,11-16H2,1-2H3. The molecule has 2 aromatic heterocycles. The normalized spacial score (nSPS) is 18.7. The second-order valence-corrected chi connectivity index (χ2v) is 11.6. The Morgan fingerprint density at radius 1 is 0.943 bits per heavy atom. The summed E-state index contributed by atoms with van der Waals surface area (Å²) in [7, 11) is -1.60. The van der Waals surface area contributed by atoms with Crippen LogP contribution < -0.4 is 0 Å². The monoisotopic (exact) mass is 493 g/mol. The van der Waals surface area contributed by atoms with Crippen molar-refractivity contribution in [2.24, 2.45) is 5.92 Å². The molecule has 3 aromatic rings. The number of pyridine rings is 2. The van der Waals surface area contributed by atoms with Crippen molar-refractivity contribution in [1.29, 1.82) is 0 Å². The number of fused-ring (bicyclic) bond motifs is 1. The van der Waals surface area contributed by atoms with E-state index in [1.165, 1.54) is 0 Å². The molecule has 0 aliphatic carbocycles. The van der Waals surface area contributed by atoms with E-state index >= 15 is 0 Å². The van der Waals surface area contributed by atoms with Crippen LogP contribution in [0.15, 0.2) is 53.7 Å². The van der Waals surface area contributed by atoms with Gasteiger partial charge < -0.3 is 9.80 Å². The second-order valence-electron chi connectivity index (χ2n) is 9.65. The average molecular weight is 494 g/mol. The number of piperazine rings is 1. The highest BCUT2D eigenvalue weighted by Crippen LogP contribution is 2.30. The lowest BCUT2D eigenvalue weighted by molar-refractivity contribution is 0.0666. The summed E-state index contributed by atoms with van der Waals surface area (Å²) in [6.45, 7) is 6.07. The van der Waals surface area contributed by atoms with E-state index in [9.17, 15) is 13.2 Å². The van der Waals surface area contributed by atoms with Crippen LogP contribution in [-0.4, -0.2) is 84.7 Å². The first-order valence-electron chi connectivity index (χ1n) is 12.2. The molecule has 184 valence electrons. The lowest BCUT2D eigenvalue weighted by Crippen LogP contribution is -2.47. The van der Waals surface area contributed by atoms with E-state index in [-0.39, 0.29) is 10.8 Å². The predicted octanol–water partition coefficient (Wildman–Crippen LogP) is 3.11. The molecule has 2 saturated heterocycles. The van der Waals surface area contributed by atoms with Crippen molar-refractivity contribution < 1.29 is 13.2 Å². The largest absolute Gasteiger partial charge is 0.336 e. The highest BCUT2D eigenvalue weighted by Gasteiger charge is 2.29. The third kappa shape index (κ3) is 4.80. The number of hydrogen-bond acceptors (Lipinski definition) is 6. The molecular formula is C26H31N5O3S. The Morgan fingerprint density at radius 2 is 1.63 bits per heavy atom. The number of likely N-dealkylation sites (N-methyl/N-ethyl adjacent to an activating group) is 1. The van der Waals surface area contributed by atoms with Gasteiger partial charge in [0.2, 0.25) is 10.0 Å². The molecule has 2 aliphatic rings. The van der Waals surface area contributed by atoms with E-state index < -0.39 is 10.0 Å². The number of carbonyl (C=O) groups is 1. The molecule has 0 spiro atoms. The van der Waals surface area contributed by atoms with Crippen LogP contribution in [0.2, 0.25) is 0 Å². The maximum atomic E-state index is 13.7. The quantitative estimate of drug-likeness (QED) is 0.555. The summed E-state index contributed by atoms with van der Waals surface area (Å²) in [4.78, 5) is 26.8. The highest BCUT2D eigenvalue weighted by molar-refractivity contribution is 7.89. The van der Waals surface area contributed by atoms with E-state index in [1.54, 1.807) is 41.0 Å². The Morgan fingerprint density at radius 3 is 2.31 bits per heavy atom. The number of rotatable bonds is 4. The smallest absolute Gasteiger partial charge is 0.254 e. The number of piperidine rings is 1.